The summed E-state index contributed by atoms with van der Waals surface area (Å²) in [6.07, 6.45) is 0.0197. The first-order valence-corrected chi connectivity index (χ1v) is 14.3. The van der Waals surface area contributed by atoms with Crippen LogP contribution in [0.3, 0.4) is 0 Å². The highest BCUT2D eigenvalue weighted by Gasteiger charge is 2.34. The summed E-state index contributed by atoms with van der Waals surface area (Å²) in [6, 6.07) is 26.5. The number of nitrogens with zero attached hydrogens (tertiary/aromatic N) is 1. The van der Waals surface area contributed by atoms with Crippen LogP contribution >= 0.6 is 0 Å². The molecule has 1 unspecified atom stereocenters. The number of rotatable bonds is 10. The van der Waals surface area contributed by atoms with Crippen molar-refractivity contribution in [2.24, 2.45) is 0 Å². The molecular weight excluding hydrogens is 482 g/mol. The van der Waals surface area contributed by atoms with E-state index < -0.39 is 26.7 Å². The molecule has 0 N–H and O–H groups in total. The van der Waals surface area contributed by atoms with Crippen molar-refractivity contribution in [3.8, 4) is 0 Å². The molecule has 2 atom stereocenters. The molecule has 3 aromatic carbocycles. The van der Waals surface area contributed by atoms with Gasteiger partial charge in [0.25, 0.3) is 0 Å². The fourth-order valence-electron chi connectivity index (χ4n) is 4.45. The Morgan fingerprint density at radius 2 is 1.38 bits per heavy atom. The second-order valence-electron chi connectivity index (χ2n) is 10.7. The lowest BCUT2D eigenvalue weighted by atomic mass is 9.96. The van der Waals surface area contributed by atoms with Gasteiger partial charge in [-0.25, -0.2) is 8.42 Å². The molecule has 0 saturated carbocycles. The Kier molecular flexibility index (Phi) is 9.32. The van der Waals surface area contributed by atoms with Gasteiger partial charge in [0.15, 0.2) is 9.84 Å². The zero-order valence-electron chi connectivity index (χ0n) is 22.7. The van der Waals surface area contributed by atoms with Crippen molar-refractivity contribution in [3.63, 3.8) is 0 Å². The number of benzene rings is 3. The van der Waals surface area contributed by atoms with Gasteiger partial charge in [0.1, 0.15) is 5.60 Å². The molecule has 37 heavy (non-hydrogen) atoms. The minimum Gasteiger partial charge on any atom is -0.460 e. The second kappa shape index (κ2) is 12.1. The number of sulfone groups is 1. The average molecular weight is 522 g/mol. The van der Waals surface area contributed by atoms with Crippen molar-refractivity contribution in [1.29, 1.82) is 0 Å². The number of hydrogen-bond donors (Lipinski definition) is 0. The Morgan fingerprint density at radius 3 is 1.95 bits per heavy atom. The van der Waals surface area contributed by atoms with Gasteiger partial charge in [-0.2, -0.15) is 0 Å². The Hall–Kier alpha value is -2.96. The molecule has 0 aliphatic rings. The normalized spacial score (nSPS) is 13.9. The molecule has 0 amide bonds. The fourth-order valence-corrected chi connectivity index (χ4v) is 5.76. The standard InChI is InChI=1S/C31H39NO4S/c1-23(2)37(34,35)29-20-14-13-19-27(29)28(21-30(33)36-31(4,5)6)32(22-25-15-9-7-10-16-25)24(3)26-17-11-8-12-18-26/h7-20,23-24,28H,21-22H2,1-6H3/t24-,28?/m0/s1. The van der Waals surface area contributed by atoms with Crippen LogP contribution in [0.25, 0.3) is 0 Å². The van der Waals surface area contributed by atoms with E-state index in [0.29, 0.717) is 12.1 Å². The summed E-state index contributed by atoms with van der Waals surface area (Å²) in [6.45, 7) is 11.5. The first-order valence-electron chi connectivity index (χ1n) is 12.8. The van der Waals surface area contributed by atoms with E-state index in [0.717, 1.165) is 11.1 Å². The molecular formula is C31H39NO4S. The zero-order chi connectivity index (χ0) is 27.2. The van der Waals surface area contributed by atoms with E-state index in [1.807, 2.05) is 81.4 Å². The van der Waals surface area contributed by atoms with Gasteiger partial charge in [-0.3, -0.25) is 9.69 Å². The maximum atomic E-state index is 13.5. The van der Waals surface area contributed by atoms with E-state index in [-0.39, 0.29) is 23.3 Å². The maximum Gasteiger partial charge on any atom is 0.308 e. The lowest BCUT2D eigenvalue weighted by Gasteiger charge is -2.38. The van der Waals surface area contributed by atoms with Crippen LogP contribution in [0.4, 0.5) is 0 Å². The van der Waals surface area contributed by atoms with E-state index >= 15 is 0 Å². The lowest BCUT2D eigenvalue weighted by molar-refractivity contribution is -0.156. The summed E-state index contributed by atoms with van der Waals surface area (Å²) in [5.41, 5.74) is 2.11. The lowest BCUT2D eigenvalue weighted by Crippen LogP contribution is -2.35. The predicted molar refractivity (Wildman–Crippen MR) is 149 cm³/mol. The summed E-state index contributed by atoms with van der Waals surface area (Å²) >= 11 is 0. The molecule has 5 nitrogen and oxygen atoms in total. The molecule has 0 spiro atoms. The largest absolute Gasteiger partial charge is 0.460 e. The van der Waals surface area contributed by atoms with Crippen LogP contribution in [0, 0.1) is 0 Å². The smallest absolute Gasteiger partial charge is 0.308 e. The van der Waals surface area contributed by atoms with Crippen LogP contribution in [0.2, 0.25) is 0 Å². The van der Waals surface area contributed by atoms with Gasteiger partial charge in [-0.1, -0.05) is 78.9 Å². The van der Waals surface area contributed by atoms with E-state index in [4.69, 9.17) is 4.74 Å². The average Bonchev–Trinajstić information content (AvgIpc) is 2.85. The number of carbonyl (C=O) groups is 1. The monoisotopic (exact) mass is 521 g/mol. The number of carbonyl (C=O) groups excluding carboxylic acids is 1. The van der Waals surface area contributed by atoms with Crippen molar-refractivity contribution in [2.45, 2.75) is 82.3 Å². The number of hydrogen-bond acceptors (Lipinski definition) is 5. The molecule has 0 saturated heterocycles. The molecule has 0 heterocycles. The van der Waals surface area contributed by atoms with Gasteiger partial charge in [0, 0.05) is 18.6 Å². The first-order chi connectivity index (χ1) is 17.4. The zero-order valence-corrected chi connectivity index (χ0v) is 23.5. The second-order valence-corrected chi connectivity index (χ2v) is 13.2. The summed E-state index contributed by atoms with van der Waals surface area (Å²) in [4.78, 5) is 15.7. The van der Waals surface area contributed by atoms with E-state index in [1.165, 1.54) is 0 Å². The van der Waals surface area contributed by atoms with Crippen molar-refractivity contribution in [1.82, 2.24) is 4.90 Å². The van der Waals surface area contributed by atoms with Crippen LogP contribution in [-0.4, -0.2) is 30.1 Å². The fraction of sp³-hybridized carbons (Fsp3) is 0.387. The predicted octanol–water partition coefficient (Wildman–Crippen LogP) is 6.91. The maximum absolute atomic E-state index is 13.5. The Balaban J connectivity index is 2.20. The van der Waals surface area contributed by atoms with Crippen LogP contribution < -0.4 is 0 Å². The molecule has 198 valence electrons. The molecule has 0 bridgehead atoms. The highest BCUT2D eigenvalue weighted by molar-refractivity contribution is 7.92. The molecule has 6 heteroatoms. The third-order valence-corrected chi connectivity index (χ3v) is 8.60. The molecule has 0 aromatic heterocycles. The Labute approximate surface area is 222 Å². The number of esters is 1. The summed E-state index contributed by atoms with van der Waals surface area (Å²) in [5.74, 6) is -0.368. The van der Waals surface area contributed by atoms with Gasteiger partial charge < -0.3 is 4.74 Å². The highest BCUT2D eigenvalue weighted by atomic mass is 32.2. The quantitative estimate of drug-likeness (QED) is 0.271. The Bertz CT molecular complexity index is 1270. The molecule has 3 aromatic rings. The van der Waals surface area contributed by atoms with Gasteiger partial charge in [0.05, 0.1) is 16.6 Å². The highest BCUT2D eigenvalue weighted by Crippen LogP contribution is 2.38. The van der Waals surface area contributed by atoms with Crippen LogP contribution in [0.15, 0.2) is 89.8 Å². The van der Waals surface area contributed by atoms with Gasteiger partial charge in [-0.15, -0.1) is 0 Å². The third-order valence-electron chi connectivity index (χ3n) is 6.37. The van der Waals surface area contributed by atoms with Gasteiger partial charge in [-0.05, 0) is 64.3 Å². The first kappa shape index (κ1) is 28.6. The van der Waals surface area contributed by atoms with Crippen molar-refractivity contribution < 1.29 is 17.9 Å². The van der Waals surface area contributed by atoms with Crippen LogP contribution in [0.1, 0.15) is 76.7 Å². The minimum atomic E-state index is -3.60. The van der Waals surface area contributed by atoms with E-state index in [9.17, 15) is 13.2 Å². The molecule has 0 radical (unpaired) electrons. The molecule has 0 fully saturated rings. The SMILES string of the molecule is CC(C)S(=O)(=O)c1ccccc1C(CC(=O)OC(C)(C)C)N(Cc1ccccc1)[C@@H](C)c1ccccc1. The topological polar surface area (TPSA) is 63.7 Å². The van der Waals surface area contributed by atoms with Gasteiger partial charge in [0.2, 0.25) is 0 Å². The Morgan fingerprint density at radius 1 is 0.838 bits per heavy atom. The van der Waals surface area contributed by atoms with Crippen LogP contribution in [-0.2, 0) is 25.9 Å². The minimum absolute atomic E-state index is 0.0197. The van der Waals surface area contributed by atoms with Crippen molar-refractivity contribution >= 4 is 15.8 Å². The van der Waals surface area contributed by atoms with E-state index in [1.54, 1.807) is 26.0 Å². The molecule has 0 aliphatic heterocycles. The molecule has 0 aliphatic carbocycles. The summed E-state index contributed by atoms with van der Waals surface area (Å²) < 4.78 is 32.6. The van der Waals surface area contributed by atoms with Gasteiger partial charge >= 0.3 is 5.97 Å². The summed E-state index contributed by atoms with van der Waals surface area (Å²) in [7, 11) is -3.60. The van der Waals surface area contributed by atoms with Crippen molar-refractivity contribution in [2.75, 3.05) is 0 Å². The van der Waals surface area contributed by atoms with E-state index in [2.05, 4.69) is 24.0 Å². The number of ether oxygens (including phenoxy) is 1. The van der Waals surface area contributed by atoms with Crippen LogP contribution in [0.5, 0.6) is 0 Å². The summed E-state index contributed by atoms with van der Waals surface area (Å²) in [5, 5.41) is -0.593. The third kappa shape index (κ3) is 7.53. The van der Waals surface area contributed by atoms with Crippen molar-refractivity contribution in [3.05, 3.63) is 102 Å². The molecule has 3 rings (SSSR count).